The van der Waals surface area contributed by atoms with Gasteiger partial charge in [0.05, 0.1) is 18.0 Å². The van der Waals surface area contributed by atoms with Gasteiger partial charge in [0, 0.05) is 25.1 Å². The van der Waals surface area contributed by atoms with Gasteiger partial charge in [-0.05, 0) is 31.9 Å². The van der Waals surface area contributed by atoms with Crippen molar-refractivity contribution in [3.63, 3.8) is 0 Å². The lowest BCUT2D eigenvalue weighted by Gasteiger charge is -2.11. The molecule has 1 aliphatic carbocycles. The molecule has 2 N–H and O–H groups in total. The minimum absolute atomic E-state index is 0.246. The molecule has 23 heavy (non-hydrogen) atoms. The highest BCUT2D eigenvalue weighted by Gasteiger charge is 2.30. The summed E-state index contributed by atoms with van der Waals surface area (Å²) in [4.78, 5) is 12.1. The highest BCUT2D eigenvalue weighted by Crippen LogP contribution is 2.42. The van der Waals surface area contributed by atoms with Gasteiger partial charge in [0.15, 0.2) is 0 Å². The van der Waals surface area contributed by atoms with E-state index >= 15 is 0 Å². The molecule has 3 rings (SSSR count). The van der Waals surface area contributed by atoms with E-state index < -0.39 is 0 Å². The Labute approximate surface area is 135 Å². The molecular formula is C17H22N4O2. The zero-order valence-electron chi connectivity index (χ0n) is 13.5. The SMILES string of the molecule is COCCNC(=O)Nc1c(C)c(C2CC2)nn1-c1ccccc1. The monoisotopic (exact) mass is 314 g/mol. The standard InChI is InChI=1S/C17H22N4O2/c1-12-15(13-8-9-13)20-21(14-6-4-3-5-7-14)16(12)19-17(22)18-10-11-23-2/h3-7,13H,8-11H2,1-2H3,(H2,18,19,22). The second-order valence-corrected chi connectivity index (χ2v) is 5.75. The molecule has 122 valence electrons. The van der Waals surface area contributed by atoms with E-state index in [1.165, 1.54) is 12.8 Å². The second-order valence-electron chi connectivity index (χ2n) is 5.75. The number of hydrogen-bond acceptors (Lipinski definition) is 3. The third kappa shape index (κ3) is 3.53. The first kappa shape index (κ1) is 15.6. The maximum absolute atomic E-state index is 12.1. The predicted molar refractivity (Wildman–Crippen MR) is 89.2 cm³/mol. The Morgan fingerprint density at radius 2 is 2.09 bits per heavy atom. The van der Waals surface area contributed by atoms with E-state index in [0.29, 0.717) is 19.1 Å². The molecule has 0 atom stereocenters. The third-order valence-electron chi connectivity index (χ3n) is 3.95. The number of anilines is 1. The average Bonchev–Trinajstić information content (AvgIpc) is 3.35. The summed E-state index contributed by atoms with van der Waals surface area (Å²) in [6, 6.07) is 9.61. The Hall–Kier alpha value is -2.34. The molecule has 6 heteroatoms. The first-order chi connectivity index (χ1) is 11.2. The minimum Gasteiger partial charge on any atom is -0.383 e. The molecule has 1 aromatic carbocycles. The Morgan fingerprint density at radius 1 is 1.35 bits per heavy atom. The Balaban J connectivity index is 1.86. The van der Waals surface area contributed by atoms with Crippen LogP contribution in [0, 0.1) is 6.92 Å². The quantitative estimate of drug-likeness (QED) is 0.806. The molecular weight excluding hydrogens is 292 g/mol. The van der Waals surface area contributed by atoms with E-state index in [1.54, 1.807) is 7.11 Å². The molecule has 2 amide bonds. The van der Waals surface area contributed by atoms with Crippen molar-refractivity contribution in [2.75, 3.05) is 25.6 Å². The van der Waals surface area contributed by atoms with Crippen molar-refractivity contribution < 1.29 is 9.53 Å². The summed E-state index contributed by atoms with van der Waals surface area (Å²) < 4.78 is 6.76. The number of benzene rings is 1. The summed E-state index contributed by atoms with van der Waals surface area (Å²) >= 11 is 0. The van der Waals surface area contributed by atoms with Crippen LogP contribution >= 0.6 is 0 Å². The van der Waals surface area contributed by atoms with Crippen LogP contribution in [0.25, 0.3) is 5.69 Å². The van der Waals surface area contributed by atoms with Gasteiger partial charge in [-0.15, -0.1) is 0 Å². The number of carbonyl (C=O) groups excluding carboxylic acids is 1. The van der Waals surface area contributed by atoms with Crippen molar-refractivity contribution in [1.82, 2.24) is 15.1 Å². The predicted octanol–water partition coefficient (Wildman–Crippen LogP) is 2.83. The van der Waals surface area contributed by atoms with Crippen LogP contribution in [0.1, 0.15) is 30.0 Å². The third-order valence-corrected chi connectivity index (χ3v) is 3.95. The zero-order valence-corrected chi connectivity index (χ0v) is 13.5. The summed E-state index contributed by atoms with van der Waals surface area (Å²) in [6.45, 7) is 2.97. The number of rotatable bonds is 6. The van der Waals surface area contributed by atoms with Crippen LogP contribution in [0.5, 0.6) is 0 Å². The van der Waals surface area contributed by atoms with E-state index in [2.05, 4.69) is 10.6 Å². The number of carbonyl (C=O) groups is 1. The van der Waals surface area contributed by atoms with E-state index in [4.69, 9.17) is 9.84 Å². The maximum Gasteiger partial charge on any atom is 0.320 e. The number of amides is 2. The van der Waals surface area contributed by atoms with Crippen LogP contribution in [0.4, 0.5) is 10.6 Å². The van der Waals surface area contributed by atoms with Gasteiger partial charge in [-0.3, -0.25) is 5.32 Å². The van der Waals surface area contributed by atoms with Crippen LogP contribution < -0.4 is 10.6 Å². The molecule has 1 aromatic heterocycles. The molecule has 0 radical (unpaired) electrons. The summed E-state index contributed by atoms with van der Waals surface area (Å²) in [6.07, 6.45) is 2.35. The average molecular weight is 314 g/mol. The molecule has 0 unspecified atom stereocenters. The van der Waals surface area contributed by atoms with Crippen molar-refractivity contribution in [3.8, 4) is 5.69 Å². The van der Waals surface area contributed by atoms with Crippen molar-refractivity contribution in [2.45, 2.75) is 25.7 Å². The lowest BCUT2D eigenvalue weighted by molar-refractivity contribution is 0.198. The van der Waals surface area contributed by atoms with Crippen LogP contribution in [0.2, 0.25) is 0 Å². The largest absolute Gasteiger partial charge is 0.383 e. The molecule has 1 saturated carbocycles. The molecule has 1 aliphatic rings. The topological polar surface area (TPSA) is 68.2 Å². The number of ether oxygens (including phenoxy) is 1. The Kier molecular flexibility index (Phi) is 4.62. The minimum atomic E-state index is -0.246. The number of nitrogens with one attached hydrogen (secondary N) is 2. The van der Waals surface area contributed by atoms with Gasteiger partial charge in [-0.1, -0.05) is 18.2 Å². The second kappa shape index (κ2) is 6.83. The number of aromatic nitrogens is 2. The first-order valence-corrected chi connectivity index (χ1v) is 7.89. The molecule has 6 nitrogen and oxygen atoms in total. The lowest BCUT2D eigenvalue weighted by atomic mass is 10.2. The van der Waals surface area contributed by atoms with Crippen LogP contribution in [0.3, 0.4) is 0 Å². The smallest absolute Gasteiger partial charge is 0.320 e. The maximum atomic E-state index is 12.1. The van der Waals surface area contributed by atoms with Crippen molar-refractivity contribution in [2.24, 2.45) is 0 Å². The van der Waals surface area contributed by atoms with Gasteiger partial charge in [0.2, 0.25) is 0 Å². The zero-order chi connectivity index (χ0) is 16.2. The number of nitrogens with zero attached hydrogens (tertiary/aromatic N) is 2. The lowest BCUT2D eigenvalue weighted by Crippen LogP contribution is -2.32. The highest BCUT2D eigenvalue weighted by atomic mass is 16.5. The van der Waals surface area contributed by atoms with Crippen LogP contribution in [-0.4, -0.2) is 36.1 Å². The van der Waals surface area contributed by atoms with Crippen molar-refractivity contribution in [3.05, 3.63) is 41.6 Å². The fourth-order valence-corrected chi connectivity index (χ4v) is 2.58. The Bertz CT molecular complexity index is 677. The van der Waals surface area contributed by atoms with Crippen LogP contribution in [-0.2, 0) is 4.74 Å². The summed E-state index contributed by atoms with van der Waals surface area (Å²) in [5.74, 6) is 1.25. The fraction of sp³-hybridized carbons (Fsp3) is 0.412. The summed E-state index contributed by atoms with van der Waals surface area (Å²) in [5.41, 5.74) is 3.06. The van der Waals surface area contributed by atoms with Gasteiger partial charge < -0.3 is 10.1 Å². The molecule has 0 spiro atoms. The van der Waals surface area contributed by atoms with E-state index in [1.807, 2.05) is 41.9 Å². The molecule has 0 saturated heterocycles. The molecule has 0 aliphatic heterocycles. The Morgan fingerprint density at radius 3 is 2.74 bits per heavy atom. The van der Waals surface area contributed by atoms with Crippen molar-refractivity contribution in [1.29, 1.82) is 0 Å². The van der Waals surface area contributed by atoms with E-state index in [-0.39, 0.29) is 6.03 Å². The van der Waals surface area contributed by atoms with Gasteiger partial charge >= 0.3 is 6.03 Å². The number of para-hydroxylation sites is 1. The molecule has 2 aromatic rings. The van der Waals surface area contributed by atoms with Gasteiger partial charge in [-0.25, -0.2) is 9.48 Å². The van der Waals surface area contributed by atoms with Gasteiger partial charge in [0.1, 0.15) is 5.82 Å². The fourth-order valence-electron chi connectivity index (χ4n) is 2.58. The molecule has 1 heterocycles. The van der Waals surface area contributed by atoms with Crippen LogP contribution in [0.15, 0.2) is 30.3 Å². The van der Waals surface area contributed by atoms with Crippen molar-refractivity contribution >= 4 is 11.8 Å². The van der Waals surface area contributed by atoms with E-state index in [0.717, 1.165) is 22.8 Å². The summed E-state index contributed by atoms with van der Waals surface area (Å²) in [5, 5.41) is 10.5. The first-order valence-electron chi connectivity index (χ1n) is 7.89. The number of methoxy groups -OCH3 is 1. The number of hydrogen-bond donors (Lipinski definition) is 2. The molecule has 0 bridgehead atoms. The normalized spacial score (nSPS) is 13.8. The van der Waals surface area contributed by atoms with Gasteiger partial charge in [0.25, 0.3) is 0 Å². The van der Waals surface area contributed by atoms with E-state index in [9.17, 15) is 4.79 Å². The summed E-state index contributed by atoms with van der Waals surface area (Å²) in [7, 11) is 1.61. The molecule has 1 fully saturated rings. The highest BCUT2D eigenvalue weighted by molar-refractivity contribution is 5.89. The number of urea groups is 1. The van der Waals surface area contributed by atoms with Gasteiger partial charge in [-0.2, -0.15) is 5.10 Å².